The van der Waals surface area contributed by atoms with Gasteiger partial charge in [0.05, 0.1) is 0 Å². The molecule has 0 aromatic heterocycles. The van der Waals surface area contributed by atoms with Crippen LogP contribution in [0.25, 0.3) is 6.08 Å². The maximum atomic E-state index is 13.2. The predicted molar refractivity (Wildman–Crippen MR) is 79.5 cm³/mol. The lowest BCUT2D eigenvalue weighted by Gasteiger charge is -2.23. The summed E-state index contributed by atoms with van der Waals surface area (Å²) in [7, 11) is 0. The van der Waals surface area contributed by atoms with Gasteiger partial charge in [-0.2, -0.15) is 0 Å². The van der Waals surface area contributed by atoms with E-state index in [1.807, 2.05) is 19.1 Å². The first-order valence-corrected chi connectivity index (χ1v) is 7.85. The van der Waals surface area contributed by atoms with Gasteiger partial charge >= 0.3 is 0 Å². The molecule has 1 aromatic carbocycles. The summed E-state index contributed by atoms with van der Waals surface area (Å²) in [5.74, 6) is 0.591. The van der Waals surface area contributed by atoms with Crippen molar-refractivity contribution in [1.82, 2.24) is 0 Å². The lowest BCUT2D eigenvalue weighted by Crippen LogP contribution is -2.10. The maximum Gasteiger partial charge on any atom is 0.126 e. The number of aryl methyl sites for hydroxylation is 1. The van der Waals surface area contributed by atoms with Gasteiger partial charge in [-0.25, -0.2) is 4.39 Å². The van der Waals surface area contributed by atoms with E-state index in [4.69, 9.17) is 0 Å². The minimum atomic E-state index is -0.120. The van der Waals surface area contributed by atoms with Gasteiger partial charge in [-0.1, -0.05) is 52.9 Å². The first-order valence-electron chi connectivity index (χ1n) is 6.73. The van der Waals surface area contributed by atoms with Crippen LogP contribution >= 0.6 is 15.9 Å². The van der Waals surface area contributed by atoms with Crippen molar-refractivity contribution in [2.24, 2.45) is 5.92 Å². The van der Waals surface area contributed by atoms with E-state index < -0.39 is 0 Å². The lowest BCUT2D eigenvalue weighted by molar-refractivity contribution is 0.405. The second-order valence-electron chi connectivity index (χ2n) is 5.20. The third-order valence-corrected chi connectivity index (χ3v) is 4.47. The zero-order valence-corrected chi connectivity index (χ0v) is 12.5. The molecule has 0 N–H and O–H groups in total. The molecule has 0 radical (unpaired) electrons. The molecule has 1 aromatic rings. The fourth-order valence-corrected chi connectivity index (χ4v) is 3.33. The summed E-state index contributed by atoms with van der Waals surface area (Å²) in [5.41, 5.74) is 3.30. The van der Waals surface area contributed by atoms with E-state index in [9.17, 15) is 4.39 Å². The Labute approximate surface area is 117 Å². The zero-order valence-electron chi connectivity index (χ0n) is 10.9. The summed E-state index contributed by atoms with van der Waals surface area (Å²) in [6.45, 7) is 1.82. The molecule has 0 spiro atoms. The molecule has 0 aliphatic heterocycles. The van der Waals surface area contributed by atoms with E-state index in [0.717, 1.165) is 16.5 Å². The maximum absolute atomic E-state index is 13.2. The zero-order chi connectivity index (χ0) is 13.0. The number of halogens is 2. The van der Waals surface area contributed by atoms with Crippen LogP contribution in [-0.4, -0.2) is 5.33 Å². The topological polar surface area (TPSA) is 0 Å². The number of rotatable bonds is 3. The molecule has 2 heteroatoms. The predicted octanol–water partition coefficient (Wildman–Crippen LogP) is 5.49. The highest BCUT2D eigenvalue weighted by Gasteiger charge is 2.16. The molecule has 0 atom stereocenters. The summed E-state index contributed by atoms with van der Waals surface area (Å²) in [6.07, 6.45) is 8.91. The van der Waals surface area contributed by atoms with Crippen LogP contribution in [0.4, 0.5) is 4.39 Å². The van der Waals surface area contributed by atoms with Crippen molar-refractivity contribution in [3.8, 4) is 0 Å². The van der Waals surface area contributed by atoms with Gasteiger partial charge in [0.1, 0.15) is 5.82 Å². The van der Waals surface area contributed by atoms with Crippen LogP contribution in [0.3, 0.4) is 0 Å². The third kappa shape index (κ3) is 3.44. The van der Waals surface area contributed by atoms with Gasteiger partial charge in [0.15, 0.2) is 0 Å². The molecule has 0 nitrogen and oxygen atoms in total. The number of benzene rings is 1. The molecular weight excluding hydrogens is 291 g/mol. The van der Waals surface area contributed by atoms with E-state index >= 15 is 0 Å². The quantitative estimate of drug-likeness (QED) is 0.647. The van der Waals surface area contributed by atoms with Crippen molar-refractivity contribution in [2.45, 2.75) is 39.0 Å². The van der Waals surface area contributed by atoms with Gasteiger partial charge in [0.2, 0.25) is 0 Å². The van der Waals surface area contributed by atoms with E-state index in [1.165, 1.54) is 37.7 Å². The smallest absolute Gasteiger partial charge is 0.126 e. The van der Waals surface area contributed by atoms with E-state index in [-0.39, 0.29) is 5.82 Å². The first kappa shape index (κ1) is 13.8. The van der Waals surface area contributed by atoms with Crippen LogP contribution in [0.2, 0.25) is 0 Å². The Morgan fingerprint density at radius 3 is 2.67 bits per heavy atom. The number of alkyl halides is 1. The molecule has 2 rings (SSSR count). The largest absolute Gasteiger partial charge is 0.207 e. The van der Waals surface area contributed by atoms with Gasteiger partial charge < -0.3 is 0 Å². The Hall–Kier alpha value is -0.630. The van der Waals surface area contributed by atoms with E-state index in [2.05, 4.69) is 22.0 Å². The Bertz CT molecular complexity index is 431. The molecule has 0 unspecified atom stereocenters. The summed E-state index contributed by atoms with van der Waals surface area (Å²) in [5, 5.41) is 0.925. The molecule has 1 aliphatic carbocycles. The summed E-state index contributed by atoms with van der Waals surface area (Å²) in [4.78, 5) is 0. The highest BCUT2D eigenvalue weighted by atomic mass is 79.9. The Morgan fingerprint density at radius 1 is 1.33 bits per heavy atom. The second kappa shape index (κ2) is 6.51. The van der Waals surface area contributed by atoms with Gasteiger partial charge in [0.25, 0.3) is 0 Å². The van der Waals surface area contributed by atoms with Crippen LogP contribution in [0.1, 0.15) is 43.2 Å². The summed E-state index contributed by atoms with van der Waals surface area (Å²) >= 11 is 3.60. The SMILES string of the molecule is Cc1cc(C=C(CBr)C2CCCCC2)ccc1F. The Morgan fingerprint density at radius 2 is 2.06 bits per heavy atom. The average Bonchev–Trinajstić information content (AvgIpc) is 2.41. The monoisotopic (exact) mass is 310 g/mol. The number of hydrogen-bond acceptors (Lipinski definition) is 0. The van der Waals surface area contributed by atoms with Crippen molar-refractivity contribution in [3.63, 3.8) is 0 Å². The van der Waals surface area contributed by atoms with Crippen LogP contribution in [0.5, 0.6) is 0 Å². The number of hydrogen-bond donors (Lipinski definition) is 0. The second-order valence-corrected chi connectivity index (χ2v) is 5.76. The highest BCUT2D eigenvalue weighted by molar-refractivity contribution is 9.09. The van der Waals surface area contributed by atoms with Crippen molar-refractivity contribution in [1.29, 1.82) is 0 Å². The summed E-state index contributed by atoms with van der Waals surface area (Å²) in [6, 6.07) is 5.36. The van der Waals surface area contributed by atoms with Crippen LogP contribution in [-0.2, 0) is 0 Å². The van der Waals surface area contributed by atoms with E-state index in [1.54, 1.807) is 6.07 Å². The van der Waals surface area contributed by atoms with Gasteiger partial charge in [-0.3, -0.25) is 0 Å². The average molecular weight is 311 g/mol. The molecular formula is C16H20BrF. The van der Waals surface area contributed by atoms with Gasteiger partial charge in [-0.05, 0) is 48.9 Å². The first-order chi connectivity index (χ1) is 8.70. The number of allylic oxidation sites excluding steroid dienone is 1. The molecule has 1 saturated carbocycles. The molecule has 18 heavy (non-hydrogen) atoms. The van der Waals surface area contributed by atoms with Crippen LogP contribution < -0.4 is 0 Å². The Balaban J connectivity index is 2.19. The molecule has 1 aliphatic rings. The van der Waals surface area contributed by atoms with Crippen LogP contribution in [0, 0.1) is 18.7 Å². The minimum Gasteiger partial charge on any atom is -0.207 e. The molecule has 0 bridgehead atoms. The van der Waals surface area contributed by atoms with E-state index in [0.29, 0.717) is 5.92 Å². The normalized spacial score (nSPS) is 18.1. The standard InChI is InChI=1S/C16H20BrF/c1-12-9-13(7-8-16(12)18)10-15(11-17)14-5-3-2-4-6-14/h7-10,14H,2-6,11H2,1H3. The highest BCUT2D eigenvalue weighted by Crippen LogP contribution is 2.31. The minimum absolute atomic E-state index is 0.120. The molecule has 98 valence electrons. The van der Waals surface area contributed by atoms with Crippen molar-refractivity contribution in [2.75, 3.05) is 5.33 Å². The Kier molecular flexibility index (Phi) is 4.99. The lowest BCUT2D eigenvalue weighted by atomic mass is 9.84. The van der Waals surface area contributed by atoms with Crippen LogP contribution in [0.15, 0.2) is 23.8 Å². The van der Waals surface area contributed by atoms with Gasteiger partial charge in [0, 0.05) is 5.33 Å². The fraction of sp³-hybridized carbons (Fsp3) is 0.500. The fourth-order valence-electron chi connectivity index (χ4n) is 2.71. The van der Waals surface area contributed by atoms with Crippen molar-refractivity contribution in [3.05, 3.63) is 40.7 Å². The molecule has 0 heterocycles. The third-order valence-electron chi connectivity index (χ3n) is 3.82. The van der Waals surface area contributed by atoms with Gasteiger partial charge in [-0.15, -0.1) is 0 Å². The van der Waals surface area contributed by atoms with Crippen molar-refractivity contribution < 1.29 is 4.39 Å². The molecule has 0 amide bonds. The molecule has 1 fully saturated rings. The molecule has 0 saturated heterocycles. The summed E-state index contributed by atoms with van der Waals surface area (Å²) < 4.78 is 13.2. The van der Waals surface area contributed by atoms with Crippen molar-refractivity contribution >= 4 is 22.0 Å².